The molecule has 0 spiro atoms. The summed E-state index contributed by atoms with van der Waals surface area (Å²) in [6, 6.07) is 1.93. The summed E-state index contributed by atoms with van der Waals surface area (Å²) in [7, 11) is 0. The molecular weight excluding hydrogens is 300 g/mol. The Morgan fingerprint density at radius 3 is 3.12 bits per heavy atom. The van der Waals surface area contributed by atoms with Crippen molar-refractivity contribution < 1.29 is 4.79 Å². The Kier molecular flexibility index (Phi) is 4.59. The van der Waals surface area contributed by atoms with E-state index >= 15 is 0 Å². The lowest BCUT2D eigenvalue weighted by Crippen LogP contribution is -2.25. The number of carbonyl (C=O) groups excluding carboxylic acids is 1. The van der Waals surface area contributed by atoms with Crippen molar-refractivity contribution in [3.8, 4) is 0 Å². The predicted octanol–water partition coefficient (Wildman–Crippen LogP) is 2.55. The first-order valence-corrected chi connectivity index (χ1v) is 7.52. The van der Waals surface area contributed by atoms with Gasteiger partial charge >= 0.3 is 0 Å². The van der Waals surface area contributed by atoms with Crippen LogP contribution in [0, 0.1) is 12.8 Å². The van der Waals surface area contributed by atoms with Crippen LogP contribution in [0.2, 0.25) is 0 Å². The van der Waals surface area contributed by atoms with Gasteiger partial charge in [-0.1, -0.05) is 0 Å². The quantitative estimate of drug-likeness (QED) is 0.896. The maximum absolute atomic E-state index is 11.8. The first-order valence-electron chi connectivity index (χ1n) is 5.91. The van der Waals surface area contributed by atoms with Crippen molar-refractivity contribution in [1.29, 1.82) is 0 Å². The van der Waals surface area contributed by atoms with E-state index in [0.29, 0.717) is 0 Å². The van der Waals surface area contributed by atoms with Crippen molar-refractivity contribution >= 4 is 33.2 Å². The van der Waals surface area contributed by atoms with Gasteiger partial charge in [0.2, 0.25) is 0 Å². The number of hydrogen-bond donors (Lipinski definition) is 2. The Labute approximate surface area is 114 Å². The highest BCUT2D eigenvalue weighted by molar-refractivity contribution is 9.11. The smallest absolute Gasteiger partial charge is 0.261 e. The van der Waals surface area contributed by atoms with Gasteiger partial charge in [-0.3, -0.25) is 4.79 Å². The molecule has 2 rings (SSSR count). The predicted molar refractivity (Wildman–Crippen MR) is 74.7 cm³/mol. The van der Waals surface area contributed by atoms with E-state index in [-0.39, 0.29) is 5.91 Å². The van der Waals surface area contributed by atoms with Gasteiger partial charge in [0.1, 0.15) is 0 Å². The molecule has 1 fully saturated rings. The minimum Gasteiger partial charge on any atom is -0.351 e. The van der Waals surface area contributed by atoms with E-state index in [0.717, 1.165) is 46.2 Å². The van der Waals surface area contributed by atoms with Crippen molar-refractivity contribution in [3.63, 3.8) is 0 Å². The molecule has 3 nitrogen and oxygen atoms in total. The molecule has 0 aromatic carbocycles. The summed E-state index contributed by atoms with van der Waals surface area (Å²) in [5.41, 5.74) is 1.13. The molecule has 1 aliphatic rings. The number of hydrogen-bond acceptors (Lipinski definition) is 3. The van der Waals surface area contributed by atoms with Gasteiger partial charge in [0.05, 0.1) is 8.66 Å². The number of rotatable bonds is 4. The number of aryl methyl sites for hydroxylation is 1. The molecule has 5 heteroatoms. The Bertz CT molecular complexity index is 380. The topological polar surface area (TPSA) is 41.1 Å². The molecule has 1 aliphatic heterocycles. The van der Waals surface area contributed by atoms with Gasteiger partial charge in [-0.05, 0) is 66.3 Å². The molecule has 1 amide bonds. The number of amides is 1. The molecule has 0 aliphatic carbocycles. The summed E-state index contributed by atoms with van der Waals surface area (Å²) >= 11 is 4.93. The summed E-state index contributed by atoms with van der Waals surface area (Å²) in [5.74, 6) is 0.780. The second-order valence-electron chi connectivity index (χ2n) is 4.47. The Hall–Kier alpha value is -0.390. The monoisotopic (exact) mass is 316 g/mol. The molecule has 2 heterocycles. The van der Waals surface area contributed by atoms with Gasteiger partial charge in [0.15, 0.2) is 0 Å². The summed E-state index contributed by atoms with van der Waals surface area (Å²) in [5, 5.41) is 6.33. The molecule has 1 aromatic heterocycles. The average Bonchev–Trinajstić information content (AvgIpc) is 2.90. The molecule has 0 bridgehead atoms. The highest BCUT2D eigenvalue weighted by atomic mass is 79.9. The number of carbonyl (C=O) groups is 1. The van der Waals surface area contributed by atoms with Crippen LogP contribution in [0.3, 0.4) is 0 Å². The van der Waals surface area contributed by atoms with Gasteiger partial charge in [-0.2, -0.15) is 0 Å². The third kappa shape index (κ3) is 3.53. The SMILES string of the molecule is Cc1cc(C(=O)NCCC2CCNC2)sc1Br. The number of halogens is 1. The van der Waals surface area contributed by atoms with Gasteiger partial charge in [0.25, 0.3) is 5.91 Å². The number of nitrogens with one attached hydrogen (secondary N) is 2. The molecule has 94 valence electrons. The molecule has 0 saturated carbocycles. The Morgan fingerprint density at radius 1 is 1.71 bits per heavy atom. The molecule has 0 radical (unpaired) electrons. The van der Waals surface area contributed by atoms with Crippen LogP contribution in [-0.2, 0) is 0 Å². The summed E-state index contributed by atoms with van der Waals surface area (Å²) in [6.45, 7) is 5.00. The third-order valence-electron chi connectivity index (χ3n) is 3.08. The molecule has 1 saturated heterocycles. The van der Waals surface area contributed by atoms with E-state index in [2.05, 4.69) is 26.6 Å². The van der Waals surface area contributed by atoms with Crippen LogP contribution in [0.25, 0.3) is 0 Å². The second-order valence-corrected chi connectivity index (χ2v) is 6.84. The first kappa shape index (κ1) is 13.1. The first-order chi connectivity index (χ1) is 8.16. The van der Waals surface area contributed by atoms with E-state index in [1.54, 1.807) is 0 Å². The number of thiophene rings is 1. The van der Waals surface area contributed by atoms with E-state index in [4.69, 9.17) is 0 Å². The standard InChI is InChI=1S/C12H17BrN2OS/c1-8-6-10(17-11(8)13)12(16)15-5-3-9-2-4-14-7-9/h6,9,14H,2-5,7H2,1H3,(H,15,16). The Balaban J connectivity index is 1.76. The molecule has 1 atom stereocenters. The third-order valence-corrected chi connectivity index (χ3v) is 5.22. The van der Waals surface area contributed by atoms with E-state index in [1.165, 1.54) is 17.8 Å². The minimum absolute atomic E-state index is 0.0507. The van der Waals surface area contributed by atoms with E-state index < -0.39 is 0 Å². The van der Waals surface area contributed by atoms with Crippen LogP contribution >= 0.6 is 27.3 Å². The van der Waals surface area contributed by atoms with Crippen molar-refractivity contribution in [2.75, 3.05) is 19.6 Å². The molecule has 17 heavy (non-hydrogen) atoms. The zero-order valence-corrected chi connectivity index (χ0v) is 12.3. The lowest BCUT2D eigenvalue weighted by Gasteiger charge is -2.08. The fraction of sp³-hybridized carbons (Fsp3) is 0.583. The van der Waals surface area contributed by atoms with Crippen LogP contribution in [0.15, 0.2) is 9.85 Å². The molecule has 1 unspecified atom stereocenters. The molecular formula is C12H17BrN2OS. The summed E-state index contributed by atoms with van der Waals surface area (Å²) in [6.07, 6.45) is 2.31. The van der Waals surface area contributed by atoms with E-state index in [9.17, 15) is 4.79 Å². The lowest BCUT2D eigenvalue weighted by molar-refractivity contribution is 0.0955. The fourth-order valence-electron chi connectivity index (χ4n) is 2.01. The average molecular weight is 317 g/mol. The van der Waals surface area contributed by atoms with Gasteiger partial charge in [0, 0.05) is 6.54 Å². The van der Waals surface area contributed by atoms with Gasteiger partial charge in [-0.25, -0.2) is 0 Å². The highest BCUT2D eigenvalue weighted by Gasteiger charge is 2.15. The molecule has 2 N–H and O–H groups in total. The second kappa shape index (κ2) is 5.98. The fourth-order valence-corrected chi connectivity index (χ4v) is 3.46. The van der Waals surface area contributed by atoms with E-state index in [1.807, 2.05) is 13.0 Å². The van der Waals surface area contributed by atoms with Crippen molar-refractivity contribution in [3.05, 3.63) is 20.3 Å². The van der Waals surface area contributed by atoms with Gasteiger partial charge < -0.3 is 10.6 Å². The van der Waals surface area contributed by atoms with Crippen LogP contribution in [0.5, 0.6) is 0 Å². The van der Waals surface area contributed by atoms with Crippen molar-refractivity contribution in [2.24, 2.45) is 5.92 Å². The zero-order chi connectivity index (χ0) is 12.3. The molecule has 1 aromatic rings. The van der Waals surface area contributed by atoms with Gasteiger partial charge in [-0.15, -0.1) is 11.3 Å². The van der Waals surface area contributed by atoms with Crippen LogP contribution in [0.1, 0.15) is 28.1 Å². The zero-order valence-electron chi connectivity index (χ0n) is 9.88. The largest absolute Gasteiger partial charge is 0.351 e. The maximum Gasteiger partial charge on any atom is 0.261 e. The van der Waals surface area contributed by atoms with Crippen molar-refractivity contribution in [1.82, 2.24) is 10.6 Å². The lowest BCUT2D eigenvalue weighted by atomic mass is 10.1. The van der Waals surface area contributed by atoms with Crippen LogP contribution in [0.4, 0.5) is 0 Å². The normalized spacial score (nSPS) is 19.5. The van der Waals surface area contributed by atoms with Crippen LogP contribution < -0.4 is 10.6 Å². The summed E-state index contributed by atoms with van der Waals surface area (Å²) in [4.78, 5) is 12.6. The van der Waals surface area contributed by atoms with Crippen LogP contribution in [-0.4, -0.2) is 25.5 Å². The summed E-state index contributed by atoms with van der Waals surface area (Å²) < 4.78 is 1.04. The Morgan fingerprint density at radius 2 is 2.53 bits per heavy atom. The maximum atomic E-state index is 11.8. The van der Waals surface area contributed by atoms with Crippen molar-refractivity contribution in [2.45, 2.75) is 19.8 Å². The minimum atomic E-state index is 0.0507. The highest BCUT2D eigenvalue weighted by Crippen LogP contribution is 2.27.